The Morgan fingerprint density at radius 1 is 1.44 bits per heavy atom. The molecule has 1 rings (SSSR count). The number of nitrogens with two attached hydrogens (primary N) is 1. The Morgan fingerprint density at radius 3 is 2.83 bits per heavy atom. The fraction of sp³-hybridized carbons (Fsp3) is 0.462. The van der Waals surface area contributed by atoms with Crippen LogP contribution in [0.4, 0.5) is 0 Å². The lowest BCUT2D eigenvalue weighted by molar-refractivity contribution is -0.121. The SMILES string of the molecule is CNC(=O)CCOc1c(CCN)cccc1OC. The van der Waals surface area contributed by atoms with E-state index in [-0.39, 0.29) is 5.91 Å². The van der Waals surface area contributed by atoms with Gasteiger partial charge in [-0.1, -0.05) is 12.1 Å². The third-order valence-electron chi connectivity index (χ3n) is 2.55. The van der Waals surface area contributed by atoms with Crippen LogP contribution in [-0.4, -0.2) is 33.2 Å². The molecule has 5 nitrogen and oxygen atoms in total. The van der Waals surface area contributed by atoms with Crippen LogP contribution in [0.3, 0.4) is 0 Å². The van der Waals surface area contributed by atoms with Crippen molar-refractivity contribution < 1.29 is 14.3 Å². The van der Waals surface area contributed by atoms with E-state index in [9.17, 15) is 4.79 Å². The van der Waals surface area contributed by atoms with Gasteiger partial charge in [-0.25, -0.2) is 0 Å². The van der Waals surface area contributed by atoms with Gasteiger partial charge in [0.25, 0.3) is 0 Å². The second kappa shape index (κ2) is 7.55. The molecule has 0 spiro atoms. The van der Waals surface area contributed by atoms with Crippen LogP contribution in [0.2, 0.25) is 0 Å². The predicted octanol–water partition coefficient (Wildman–Crippen LogP) is 0.711. The summed E-state index contributed by atoms with van der Waals surface area (Å²) in [6, 6.07) is 5.68. The second-order valence-electron chi connectivity index (χ2n) is 3.76. The summed E-state index contributed by atoms with van der Waals surface area (Å²) in [6.07, 6.45) is 1.03. The van der Waals surface area contributed by atoms with Crippen molar-refractivity contribution in [1.29, 1.82) is 0 Å². The van der Waals surface area contributed by atoms with Crippen molar-refractivity contribution in [2.75, 3.05) is 27.3 Å². The molecule has 5 heteroatoms. The fourth-order valence-electron chi connectivity index (χ4n) is 1.61. The van der Waals surface area contributed by atoms with Crippen molar-refractivity contribution in [2.24, 2.45) is 5.73 Å². The van der Waals surface area contributed by atoms with Crippen LogP contribution in [0.15, 0.2) is 18.2 Å². The third-order valence-corrected chi connectivity index (χ3v) is 2.55. The maximum absolute atomic E-state index is 11.1. The molecule has 0 bridgehead atoms. The summed E-state index contributed by atoms with van der Waals surface area (Å²) in [6.45, 7) is 0.858. The van der Waals surface area contributed by atoms with Gasteiger partial charge in [0.15, 0.2) is 11.5 Å². The van der Waals surface area contributed by atoms with E-state index in [0.29, 0.717) is 37.5 Å². The van der Waals surface area contributed by atoms with Gasteiger partial charge in [0.05, 0.1) is 20.1 Å². The average Bonchev–Trinajstić information content (AvgIpc) is 2.40. The Morgan fingerprint density at radius 2 is 2.22 bits per heavy atom. The average molecular weight is 252 g/mol. The molecular weight excluding hydrogens is 232 g/mol. The minimum atomic E-state index is -0.0507. The lowest BCUT2D eigenvalue weighted by atomic mass is 10.1. The van der Waals surface area contributed by atoms with Crippen molar-refractivity contribution in [1.82, 2.24) is 5.32 Å². The monoisotopic (exact) mass is 252 g/mol. The smallest absolute Gasteiger partial charge is 0.223 e. The third kappa shape index (κ3) is 3.92. The van der Waals surface area contributed by atoms with Crippen LogP contribution >= 0.6 is 0 Å². The van der Waals surface area contributed by atoms with Gasteiger partial charge < -0.3 is 20.5 Å². The molecule has 0 aliphatic heterocycles. The molecule has 0 aliphatic rings. The Kier molecular flexibility index (Phi) is 6.00. The summed E-state index contributed by atoms with van der Waals surface area (Å²) in [7, 11) is 3.19. The first-order valence-corrected chi connectivity index (χ1v) is 5.92. The summed E-state index contributed by atoms with van der Waals surface area (Å²) in [5.41, 5.74) is 6.55. The molecule has 18 heavy (non-hydrogen) atoms. The van der Waals surface area contributed by atoms with Gasteiger partial charge in [-0.2, -0.15) is 0 Å². The molecule has 0 atom stereocenters. The lowest BCUT2D eigenvalue weighted by Gasteiger charge is -2.14. The van der Waals surface area contributed by atoms with Crippen molar-refractivity contribution in [3.8, 4) is 11.5 Å². The van der Waals surface area contributed by atoms with Gasteiger partial charge >= 0.3 is 0 Å². The highest BCUT2D eigenvalue weighted by atomic mass is 16.5. The molecule has 3 N–H and O–H groups in total. The Balaban J connectivity index is 2.74. The van der Waals surface area contributed by atoms with Crippen molar-refractivity contribution >= 4 is 5.91 Å². The maximum atomic E-state index is 11.1. The van der Waals surface area contributed by atoms with Crippen LogP contribution in [0.5, 0.6) is 11.5 Å². The summed E-state index contributed by atoms with van der Waals surface area (Å²) >= 11 is 0. The van der Waals surface area contributed by atoms with Crippen molar-refractivity contribution in [2.45, 2.75) is 12.8 Å². The lowest BCUT2D eigenvalue weighted by Crippen LogP contribution is -2.20. The first-order valence-electron chi connectivity index (χ1n) is 5.92. The van der Waals surface area contributed by atoms with E-state index in [0.717, 1.165) is 5.56 Å². The first-order chi connectivity index (χ1) is 8.72. The van der Waals surface area contributed by atoms with Crippen molar-refractivity contribution in [3.63, 3.8) is 0 Å². The molecule has 0 saturated carbocycles. The van der Waals surface area contributed by atoms with Crippen LogP contribution in [0.1, 0.15) is 12.0 Å². The van der Waals surface area contributed by atoms with Crippen molar-refractivity contribution in [3.05, 3.63) is 23.8 Å². The summed E-state index contributed by atoms with van der Waals surface area (Å²) in [5.74, 6) is 1.29. The molecule has 0 aromatic heterocycles. The van der Waals surface area contributed by atoms with E-state index in [1.807, 2.05) is 18.2 Å². The largest absolute Gasteiger partial charge is 0.493 e. The molecular formula is C13H20N2O3. The van der Waals surface area contributed by atoms with E-state index in [2.05, 4.69) is 5.32 Å². The van der Waals surface area contributed by atoms with E-state index in [1.165, 1.54) is 0 Å². The number of ether oxygens (including phenoxy) is 2. The molecule has 0 fully saturated rings. The first kappa shape index (κ1) is 14.3. The number of benzene rings is 1. The highest BCUT2D eigenvalue weighted by Gasteiger charge is 2.10. The molecule has 100 valence electrons. The molecule has 1 amide bonds. The zero-order valence-corrected chi connectivity index (χ0v) is 10.9. The fourth-order valence-corrected chi connectivity index (χ4v) is 1.61. The number of carbonyl (C=O) groups is 1. The van der Waals surface area contributed by atoms with Crippen LogP contribution in [0.25, 0.3) is 0 Å². The standard InChI is InChI=1S/C13H20N2O3/c1-15-12(16)7-9-18-13-10(6-8-14)4-3-5-11(13)17-2/h3-5H,6-9,14H2,1-2H3,(H,15,16). The molecule has 0 unspecified atom stereocenters. The van der Waals surface area contributed by atoms with E-state index < -0.39 is 0 Å². The number of hydrogen-bond acceptors (Lipinski definition) is 4. The van der Waals surface area contributed by atoms with E-state index >= 15 is 0 Å². The van der Waals surface area contributed by atoms with E-state index in [1.54, 1.807) is 14.2 Å². The van der Waals surface area contributed by atoms with Gasteiger partial charge in [0, 0.05) is 7.05 Å². The minimum absolute atomic E-state index is 0.0507. The number of rotatable bonds is 7. The van der Waals surface area contributed by atoms with Gasteiger partial charge in [0.1, 0.15) is 0 Å². The number of methoxy groups -OCH3 is 1. The normalized spacial score (nSPS) is 9.94. The van der Waals surface area contributed by atoms with Crippen LogP contribution in [-0.2, 0) is 11.2 Å². The zero-order valence-electron chi connectivity index (χ0n) is 10.9. The van der Waals surface area contributed by atoms with Gasteiger partial charge in [-0.15, -0.1) is 0 Å². The van der Waals surface area contributed by atoms with Gasteiger partial charge in [-0.3, -0.25) is 4.79 Å². The number of carbonyl (C=O) groups excluding carboxylic acids is 1. The van der Waals surface area contributed by atoms with Gasteiger partial charge in [0.2, 0.25) is 5.91 Å². The summed E-state index contributed by atoms with van der Waals surface area (Å²) < 4.78 is 10.9. The second-order valence-corrected chi connectivity index (χ2v) is 3.76. The molecule has 0 aliphatic carbocycles. The highest BCUT2D eigenvalue weighted by Crippen LogP contribution is 2.31. The topological polar surface area (TPSA) is 73.6 Å². The molecule has 1 aromatic carbocycles. The highest BCUT2D eigenvalue weighted by molar-refractivity contribution is 5.75. The summed E-state index contributed by atoms with van der Waals surface area (Å²) in [4.78, 5) is 11.1. The summed E-state index contributed by atoms with van der Waals surface area (Å²) in [5, 5.41) is 2.55. The molecule has 0 radical (unpaired) electrons. The number of hydrogen-bond donors (Lipinski definition) is 2. The van der Waals surface area contributed by atoms with Gasteiger partial charge in [-0.05, 0) is 24.6 Å². The maximum Gasteiger partial charge on any atom is 0.223 e. The zero-order chi connectivity index (χ0) is 13.4. The Hall–Kier alpha value is -1.75. The van der Waals surface area contributed by atoms with Crippen LogP contribution in [0, 0.1) is 0 Å². The number of para-hydroxylation sites is 1. The number of nitrogens with one attached hydrogen (secondary N) is 1. The predicted molar refractivity (Wildman–Crippen MR) is 69.9 cm³/mol. The molecule has 0 heterocycles. The van der Waals surface area contributed by atoms with Crippen LogP contribution < -0.4 is 20.5 Å². The number of amides is 1. The van der Waals surface area contributed by atoms with E-state index in [4.69, 9.17) is 15.2 Å². The Bertz CT molecular complexity index is 394. The molecule has 1 aromatic rings. The Labute approximate surface area is 107 Å². The minimum Gasteiger partial charge on any atom is -0.493 e. The molecule has 0 saturated heterocycles. The quantitative estimate of drug-likeness (QED) is 0.749.